The van der Waals surface area contributed by atoms with Crippen molar-refractivity contribution in [2.24, 2.45) is 0 Å². The number of hydrogen-bond acceptors (Lipinski definition) is 0. The van der Waals surface area contributed by atoms with Gasteiger partial charge in [-0.15, -0.1) is 0 Å². The molecule has 0 bridgehead atoms. The van der Waals surface area contributed by atoms with Gasteiger partial charge in [0, 0.05) is 6.92 Å². The SMILES string of the molecule is CC(C)=C/C=C(\C)[S+](c1ccc(C)cc1)c1ccc(C)cc1. The molecule has 0 saturated heterocycles. The molecule has 0 nitrogen and oxygen atoms in total. The van der Waals surface area contributed by atoms with E-state index in [-0.39, 0.29) is 10.9 Å². The number of aryl methyl sites for hydroxylation is 2. The molecular weight excluding hydrogens is 284 g/mol. The van der Waals surface area contributed by atoms with Crippen LogP contribution >= 0.6 is 0 Å². The Kier molecular flexibility index (Phi) is 5.68. The van der Waals surface area contributed by atoms with Crippen LogP contribution in [0.1, 0.15) is 31.9 Å². The van der Waals surface area contributed by atoms with Crippen LogP contribution in [0.2, 0.25) is 0 Å². The van der Waals surface area contributed by atoms with Crippen molar-refractivity contribution < 1.29 is 0 Å². The first-order valence-corrected chi connectivity index (χ1v) is 8.89. The van der Waals surface area contributed by atoms with Crippen molar-refractivity contribution in [3.05, 3.63) is 82.3 Å². The average molecular weight is 309 g/mol. The van der Waals surface area contributed by atoms with Crippen LogP contribution in [-0.2, 0) is 10.9 Å². The normalized spacial score (nSPS) is 11.6. The van der Waals surface area contributed by atoms with Crippen molar-refractivity contribution in [3.63, 3.8) is 0 Å². The Bertz CT molecular complexity index is 623. The van der Waals surface area contributed by atoms with E-state index in [0.29, 0.717) is 0 Å². The fraction of sp³-hybridized carbons (Fsp3) is 0.238. The summed E-state index contributed by atoms with van der Waals surface area (Å²) >= 11 is 0. The molecule has 0 saturated carbocycles. The summed E-state index contributed by atoms with van der Waals surface area (Å²) in [5.41, 5.74) is 3.94. The van der Waals surface area contributed by atoms with E-state index in [2.05, 4.69) is 95.3 Å². The maximum absolute atomic E-state index is 2.26. The van der Waals surface area contributed by atoms with Gasteiger partial charge in [-0.1, -0.05) is 47.0 Å². The van der Waals surface area contributed by atoms with E-state index in [4.69, 9.17) is 0 Å². The fourth-order valence-corrected chi connectivity index (χ4v) is 4.24. The molecule has 0 aliphatic heterocycles. The van der Waals surface area contributed by atoms with Gasteiger partial charge in [-0.2, -0.15) is 0 Å². The van der Waals surface area contributed by atoms with Crippen LogP contribution in [0.4, 0.5) is 0 Å². The second-order valence-corrected chi connectivity index (χ2v) is 8.15. The molecule has 0 aliphatic rings. The first-order valence-electron chi connectivity index (χ1n) is 7.67. The van der Waals surface area contributed by atoms with Crippen molar-refractivity contribution >= 4 is 10.9 Å². The van der Waals surface area contributed by atoms with E-state index in [1.54, 1.807) is 0 Å². The molecule has 0 spiro atoms. The molecule has 0 fully saturated rings. The Morgan fingerprint density at radius 1 is 0.682 bits per heavy atom. The highest BCUT2D eigenvalue weighted by Crippen LogP contribution is 2.30. The van der Waals surface area contributed by atoms with Crippen LogP contribution in [0.5, 0.6) is 0 Å². The quantitative estimate of drug-likeness (QED) is 0.465. The molecule has 0 N–H and O–H groups in total. The van der Waals surface area contributed by atoms with Crippen molar-refractivity contribution in [1.82, 2.24) is 0 Å². The molecular formula is C21H25S+. The summed E-state index contributed by atoms with van der Waals surface area (Å²) in [5, 5.41) is 0. The Hall–Kier alpha value is -1.73. The molecule has 2 aromatic carbocycles. The summed E-state index contributed by atoms with van der Waals surface area (Å²) in [7, 11) is -0.0124. The Morgan fingerprint density at radius 2 is 1.09 bits per heavy atom. The third-order valence-corrected chi connectivity index (χ3v) is 5.75. The van der Waals surface area contributed by atoms with Gasteiger partial charge in [0.05, 0.1) is 10.9 Å². The van der Waals surface area contributed by atoms with E-state index < -0.39 is 0 Å². The van der Waals surface area contributed by atoms with Gasteiger partial charge in [0.15, 0.2) is 9.79 Å². The zero-order chi connectivity index (χ0) is 16.1. The van der Waals surface area contributed by atoms with Crippen LogP contribution in [0.25, 0.3) is 0 Å². The Morgan fingerprint density at radius 3 is 1.45 bits per heavy atom. The number of benzene rings is 2. The minimum atomic E-state index is -0.0124. The van der Waals surface area contributed by atoms with Crippen LogP contribution < -0.4 is 0 Å². The molecule has 114 valence electrons. The molecule has 0 amide bonds. The summed E-state index contributed by atoms with van der Waals surface area (Å²) in [6.07, 6.45) is 4.47. The van der Waals surface area contributed by atoms with Gasteiger partial charge in [0.2, 0.25) is 0 Å². The summed E-state index contributed by atoms with van der Waals surface area (Å²) in [6, 6.07) is 17.9. The van der Waals surface area contributed by atoms with Gasteiger partial charge in [-0.05, 0) is 58.0 Å². The highest BCUT2D eigenvalue weighted by molar-refractivity contribution is 8.00. The van der Waals surface area contributed by atoms with Crippen molar-refractivity contribution in [2.45, 2.75) is 44.4 Å². The maximum Gasteiger partial charge on any atom is 0.166 e. The third-order valence-electron chi connectivity index (χ3n) is 3.49. The van der Waals surface area contributed by atoms with Gasteiger partial charge < -0.3 is 0 Å². The lowest BCUT2D eigenvalue weighted by Crippen LogP contribution is -2.05. The van der Waals surface area contributed by atoms with Crippen LogP contribution in [0.15, 0.2) is 81.0 Å². The zero-order valence-corrected chi connectivity index (χ0v) is 15.0. The third kappa shape index (κ3) is 4.38. The fourth-order valence-electron chi connectivity index (χ4n) is 2.21. The number of rotatable bonds is 4. The zero-order valence-electron chi connectivity index (χ0n) is 14.2. The summed E-state index contributed by atoms with van der Waals surface area (Å²) in [5.74, 6) is 0. The molecule has 0 heterocycles. The predicted octanol–water partition coefficient (Wildman–Crippen LogP) is 6.21. The molecule has 0 atom stereocenters. The van der Waals surface area contributed by atoms with E-state index in [1.165, 1.54) is 31.4 Å². The predicted molar refractivity (Wildman–Crippen MR) is 99.4 cm³/mol. The highest BCUT2D eigenvalue weighted by Gasteiger charge is 2.27. The topological polar surface area (TPSA) is 0 Å². The molecule has 2 aromatic rings. The van der Waals surface area contributed by atoms with E-state index >= 15 is 0 Å². The molecule has 2 rings (SSSR count). The minimum Gasteiger partial charge on any atom is -0.0763 e. The van der Waals surface area contributed by atoms with Gasteiger partial charge in [0.1, 0.15) is 4.91 Å². The van der Waals surface area contributed by atoms with Gasteiger partial charge in [-0.3, -0.25) is 0 Å². The minimum absolute atomic E-state index is 0.0124. The summed E-state index contributed by atoms with van der Waals surface area (Å²) in [4.78, 5) is 4.16. The molecule has 0 aromatic heterocycles. The van der Waals surface area contributed by atoms with E-state index in [9.17, 15) is 0 Å². The molecule has 22 heavy (non-hydrogen) atoms. The Labute approximate surface area is 137 Å². The standard InChI is InChI=1S/C21H25S/c1-16(2)6-11-19(5)22(20-12-7-17(3)8-13-20)21-14-9-18(4)10-15-21/h6-15H,1-5H3/q+1/b19-11+. The van der Waals surface area contributed by atoms with Gasteiger partial charge in [0.25, 0.3) is 0 Å². The lowest BCUT2D eigenvalue weighted by molar-refractivity contribution is 1.32. The summed E-state index contributed by atoms with van der Waals surface area (Å²) in [6.45, 7) is 10.8. The van der Waals surface area contributed by atoms with Gasteiger partial charge >= 0.3 is 0 Å². The van der Waals surface area contributed by atoms with Gasteiger partial charge in [-0.25, -0.2) is 0 Å². The molecule has 0 radical (unpaired) electrons. The van der Waals surface area contributed by atoms with Crippen LogP contribution in [0, 0.1) is 13.8 Å². The monoisotopic (exact) mass is 309 g/mol. The Balaban J connectivity index is 2.49. The van der Waals surface area contributed by atoms with Crippen molar-refractivity contribution in [2.75, 3.05) is 0 Å². The van der Waals surface area contributed by atoms with Crippen molar-refractivity contribution in [1.29, 1.82) is 0 Å². The van der Waals surface area contributed by atoms with Crippen molar-refractivity contribution in [3.8, 4) is 0 Å². The maximum atomic E-state index is 2.26. The van der Waals surface area contributed by atoms with E-state index in [1.807, 2.05) is 0 Å². The number of allylic oxidation sites excluding steroid dienone is 4. The van der Waals surface area contributed by atoms with Crippen LogP contribution in [0.3, 0.4) is 0 Å². The molecule has 0 aliphatic carbocycles. The smallest absolute Gasteiger partial charge is 0.0763 e. The molecule has 1 heteroatoms. The average Bonchev–Trinajstić information content (AvgIpc) is 2.49. The lowest BCUT2D eigenvalue weighted by atomic mass is 10.2. The van der Waals surface area contributed by atoms with E-state index in [0.717, 1.165) is 0 Å². The lowest BCUT2D eigenvalue weighted by Gasteiger charge is -2.08. The second kappa shape index (κ2) is 7.51. The second-order valence-electron chi connectivity index (χ2n) is 5.95. The molecule has 0 unspecified atom stereocenters. The first kappa shape index (κ1) is 16.6. The van der Waals surface area contributed by atoms with Crippen LogP contribution in [-0.4, -0.2) is 0 Å². The first-order chi connectivity index (χ1) is 10.5. The largest absolute Gasteiger partial charge is 0.166 e. The highest BCUT2D eigenvalue weighted by atomic mass is 32.2. The number of hydrogen-bond donors (Lipinski definition) is 0. The summed E-state index contributed by atoms with van der Waals surface area (Å²) < 4.78 is 0.